The Balaban J connectivity index is 1.73. The smallest absolute Gasteiger partial charge is 0.251 e. The third kappa shape index (κ3) is 3.57. The molecular weight excluding hydrogens is 358 g/mol. The molecule has 27 heavy (non-hydrogen) atoms. The number of hydrogen-bond acceptors (Lipinski definition) is 2. The summed E-state index contributed by atoms with van der Waals surface area (Å²) in [6, 6.07) is 20.8. The number of rotatable bonds is 4. The van der Waals surface area contributed by atoms with Crippen LogP contribution in [0.2, 0.25) is 5.02 Å². The summed E-state index contributed by atoms with van der Waals surface area (Å²) in [5.41, 5.74) is 5.33. The standard InChI is InChI=1S/C22H18ClN3O/c1-15-7-12-20-25-21(16-8-10-18(23)11-9-16)19(26(20)14-15)13-24-22(27)17-5-3-2-4-6-17/h2-12,14H,13H2,1H3,(H,24,27). The van der Waals surface area contributed by atoms with Crippen molar-refractivity contribution in [1.82, 2.24) is 14.7 Å². The van der Waals surface area contributed by atoms with Gasteiger partial charge in [-0.2, -0.15) is 0 Å². The summed E-state index contributed by atoms with van der Waals surface area (Å²) < 4.78 is 2.03. The number of benzene rings is 2. The van der Waals surface area contributed by atoms with Crippen LogP contribution in [0.4, 0.5) is 0 Å². The second-order valence-electron chi connectivity index (χ2n) is 6.40. The van der Waals surface area contributed by atoms with E-state index in [-0.39, 0.29) is 5.91 Å². The first-order valence-electron chi connectivity index (χ1n) is 8.68. The Morgan fingerprint density at radius 2 is 1.78 bits per heavy atom. The Labute approximate surface area is 162 Å². The number of aryl methyl sites for hydroxylation is 1. The lowest BCUT2D eigenvalue weighted by molar-refractivity contribution is 0.0950. The van der Waals surface area contributed by atoms with E-state index in [1.54, 1.807) is 12.1 Å². The van der Waals surface area contributed by atoms with Gasteiger partial charge in [-0.1, -0.05) is 48.0 Å². The molecule has 4 aromatic rings. The van der Waals surface area contributed by atoms with Gasteiger partial charge in [0, 0.05) is 22.3 Å². The Hall–Kier alpha value is -3.11. The van der Waals surface area contributed by atoms with E-state index < -0.39 is 0 Å². The van der Waals surface area contributed by atoms with Crippen molar-refractivity contribution in [1.29, 1.82) is 0 Å². The van der Waals surface area contributed by atoms with Crippen molar-refractivity contribution in [2.75, 3.05) is 0 Å². The van der Waals surface area contributed by atoms with E-state index in [4.69, 9.17) is 16.6 Å². The number of carbonyl (C=O) groups excluding carboxylic acids is 1. The maximum atomic E-state index is 12.5. The zero-order valence-electron chi connectivity index (χ0n) is 14.8. The molecule has 1 N–H and O–H groups in total. The average molecular weight is 376 g/mol. The molecular formula is C22H18ClN3O. The maximum Gasteiger partial charge on any atom is 0.251 e. The van der Waals surface area contributed by atoms with E-state index in [0.29, 0.717) is 17.1 Å². The zero-order valence-corrected chi connectivity index (χ0v) is 15.6. The maximum absolute atomic E-state index is 12.5. The van der Waals surface area contributed by atoms with Crippen molar-refractivity contribution >= 4 is 23.2 Å². The molecule has 134 valence electrons. The number of nitrogens with one attached hydrogen (secondary N) is 1. The van der Waals surface area contributed by atoms with Gasteiger partial charge in [-0.05, 0) is 42.8 Å². The van der Waals surface area contributed by atoms with Gasteiger partial charge in [0.2, 0.25) is 0 Å². The number of aromatic nitrogens is 2. The van der Waals surface area contributed by atoms with Crippen molar-refractivity contribution in [3.8, 4) is 11.3 Å². The molecule has 0 saturated heterocycles. The van der Waals surface area contributed by atoms with Crippen LogP contribution in [-0.4, -0.2) is 15.3 Å². The highest BCUT2D eigenvalue weighted by molar-refractivity contribution is 6.30. The summed E-state index contributed by atoms with van der Waals surface area (Å²) in [4.78, 5) is 17.3. The number of imidazole rings is 1. The Bertz CT molecular complexity index is 1100. The normalized spacial score (nSPS) is 10.9. The number of hydrogen-bond donors (Lipinski definition) is 1. The van der Waals surface area contributed by atoms with Gasteiger partial charge < -0.3 is 9.72 Å². The van der Waals surface area contributed by atoms with Crippen LogP contribution in [0.1, 0.15) is 21.6 Å². The van der Waals surface area contributed by atoms with E-state index in [1.807, 2.05) is 72.1 Å². The number of nitrogens with zero attached hydrogens (tertiary/aromatic N) is 2. The van der Waals surface area contributed by atoms with Gasteiger partial charge in [-0.3, -0.25) is 4.79 Å². The molecule has 4 rings (SSSR count). The van der Waals surface area contributed by atoms with Crippen LogP contribution in [0.5, 0.6) is 0 Å². The van der Waals surface area contributed by atoms with Gasteiger partial charge in [0.15, 0.2) is 0 Å². The summed E-state index contributed by atoms with van der Waals surface area (Å²) in [5, 5.41) is 3.69. The first-order valence-corrected chi connectivity index (χ1v) is 9.06. The fourth-order valence-electron chi connectivity index (χ4n) is 3.06. The van der Waals surface area contributed by atoms with Crippen molar-refractivity contribution in [3.05, 3.63) is 94.8 Å². The second-order valence-corrected chi connectivity index (χ2v) is 6.83. The minimum Gasteiger partial charge on any atom is -0.346 e. The van der Waals surface area contributed by atoms with Crippen LogP contribution in [0.3, 0.4) is 0 Å². The van der Waals surface area contributed by atoms with Gasteiger partial charge in [0.1, 0.15) is 5.65 Å². The molecule has 0 aliphatic carbocycles. The molecule has 2 heterocycles. The average Bonchev–Trinajstić information content (AvgIpc) is 3.05. The number of carbonyl (C=O) groups is 1. The van der Waals surface area contributed by atoms with Gasteiger partial charge in [0.05, 0.1) is 17.9 Å². The SMILES string of the molecule is Cc1ccc2nc(-c3ccc(Cl)cc3)c(CNC(=O)c3ccccc3)n2c1. The van der Waals surface area contributed by atoms with Crippen LogP contribution >= 0.6 is 11.6 Å². The monoisotopic (exact) mass is 375 g/mol. The molecule has 0 aliphatic heterocycles. The first kappa shape index (κ1) is 17.3. The van der Waals surface area contributed by atoms with Crippen LogP contribution in [0.25, 0.3) is 16.9 Å². The zero-order chi connectivity index (χ0) is 18.8. The summed E-state index contributed by atoms with van der Waals surface area (Å²) in [5.74, 6) is -0.111. The predicted octanol–water partition coefficient (Wildman–Crippen LogP) is 4.89. The molecule has 2 aromatic carbocycles. The minimum atomic E-state index is -0.111. The Morgan fingerprint density at radius 3 is 2.52 bits per heavy atom. The molecule has 2 aromatic heterocycles. The summed E-state index contributed by atoms with van der Waals surface area (Å²) in [7, 11) is 0. The van der Waals surface area contributed by atoms with E-state index in [9.17, 15) is 4.79 Å². The fourth-order valence-corrected chi connectivity index (χ4v) is 3.19. The number of fused-ring (bicyclic) bond motifs is 1. The molecule has 0 unspecified atom stereocenters. The highest BCUT2D eigenvalue weighted by atomic mass is 35.5. The van der Waals surface area contributed by atoms with Crippen LogP contribution in [0.15, 0.2) is 72.9 Å². The molecule has 5 heteroatoms. The molecule has 0 radical (unpaired) electrons. The third-order valence-electron chi connectivity index (χ3n) is 4.44. The summed E-state index contributed by atoms with van der Waals surface area (Å²) in [6.07, 6.45) is 2.03. The highest BCUT2D eigenvalue weighted by Gasteiger charge is 2.15. The molecule has 0 fully saturated rings. The summed E-state index contributed by atoms with van der Waals surface area (Å²) >= 11 is 6.03. The molecule has 0 aliphatic rings. The van der Waals surface area contributed by atoms with Crippen LogP contribution < -0.4 is 5.32 Å². The van der Waals surface area contributed by atoms with Crippen LogP contribution in [0, 0.1) is 6.92 Å². The topological polar surface area (TPSA) is 46.4 Å². The van der Waals surface area contributed by atoms with Crippen molar-refractivity contribution in [3.63, 3.8) is 0 Å². The molecule has 1 amide bonds. The van der Waals surface area contributed by atoms with Crippen molar-refractivity contribution < 1.29 is 4.79 Å². The molecule has 4 nitrogen and oxygen atoms in total. The fraction of sp³-hybridized carbons (Fsp3) is 0.0909. The first-order chi connectivity index (χ1) is 13.1. The molecule has 0 atom stereocenters. The van der Waals surface area contributed by atoms with Gasteiger partial charge in [0.25, 0.3) is 5.91 Å². The van der Waals surface area contributed by atoms with Crippen LogP contribution in [-0.2, 0) is 6.54 Å². The van der Waals surface area contributed by atoms with Crippen molar-refractivity contribution in [2.24, 2.45) is 0 Å². The molecule has 0 saturated carbocycles. The van der Waals surface area contributed by atoms with Gasteiger partial charge in [-0.15, -0.1) is 0 Å². The van der Waals surface area contributed by atoms with E-state index >= 15 is 0 Å². The quantitative estimate of drug-likeness (QED) is 0.551. The second kappa shape index (κ2) is 7.25. The van der Waals surface area contributed by atoms with E-state index in [0.717, 1.165) is 28.2 Å². The van der Waals surface area contributed by atoms with E-state index in [2.05, 4.69) is 5.32 Å². The predicted molar refractivity (Wildman–Crippen MR) is 108 cm³/mol. The van der Waals surface area contributed by atoms with E-state index in [1.165, 1.54) is 0 Å². The third-order valence-corrected chi connectivity index (χ3v) is 4.69. The number of amides is 1. The van der Waals surface area contributed by atoms with Gasteiger partial charge >= 0.3 is 0 Å². The number of halogens is 1. The largest absolute Gasteiger partial charge is 0.346 e. The Morgan fingerprint density at radius 1 is 1.04 bits per heavy atom. The van der Waals surface area contributed by atoms with Crippen molar-refractivity contribution in [2.45, 2.75) is 13.5 Å². The number of pyridine rings is 1. The Kier molecular flexibility index (Phi) is 4.65. The highest BCUT2D eigenvalue weighted by Crippen LogP contribution is 2.26. The van der Waals surface area contributed by atoms with Gasteiger partial charge in [-0.25, -0.2) is 4.98 Å². The molecule has 0 bridgehead atoms. The molecule has 0 spiro atoms. The lowest BCUT2D eigenvalue weighted by Gasteiger charge is -2.08. The summed E-state index contributed by atoms with van der Waals surface area (Å²) in [6.45, 7) is 2.41. The lowest BCUT2D eigenvalue weighted by atomic mass is 10.1. The lowest BCUT2D eigenvalue weighted by Crippen LogP contribution is -2.23. The minimum absolute atomic E-state index is 0.111.